The van der Waals surface area contributed by atoms with Crippen LogP contribution in [0.2, 0.25) is 0 Å². The lowest BCUT2D eigenvalue weighted by molar-refractivity contribution is -0.140. The van der Waals surface area contributed by atoms with E-state index in [0.29, 0.717) is 40.9 Å². The van der Waals surface area contributed by atoms with Crippen LogP contribution in [0, 0.1) is 0 Å². The largest absolute Gasteiger partial charge is 0.506 e. The highest BCUT2D eigenvalue weighted by molar-refractivity contribution is 8.00. The summed E-state index contributed by atoms with van der Waals surface area (Å²) in [5.41, 5.74) is 0.537. The number of fused-ring (bicyclic) bond motifs is 1. The molecular weight excluding hydrogens is 504 g/mol. The number of unbranched alkanes of at least 4 members (excludes halogenated alkanes) is 6. The minimum atomic E-state index is -0.616. The monoisotopic (exact) mass is 546 g/mol. The zero-order valence-electron chi connectivity index (χ0n) is 22.9. The number of aromatic hydroxyl groups is 1. The van der Waals surface area contributed by atoms with Crippen molar-refractivity contribution in [3.63, 3.8) is 0 Å². The zero-order chi connectivity index (χ0) is 27.8. The van der Waals surface area contributed by atoms with Crippen LogP contribution in [0.25, 0.3) is 10.8 Å². The number of benzene rings is 2. The molecule has 8 nitrogen and oxygen atoms in total. The normalized spacial score (nSPS) is 10.8. The highest BCUT2D eigenvalue weighted by Crippen LogP contribution is 2.40. The molecule has 2 aromatic rings. The number of carbonyl (C=O) groups is 3. The van der Waals surface area contributed by atoms with Crippen LogP contribution in [0.15, 0.2) is 29.2 Å². The first-order valence-corrected chi connectivity index (χ1v) is 14.7. The number of amides is 2. The number of rotatable bonds is 17. The fourth-order valence-electron chi connectivity index (χ4n) is 3.91. The van der Waals surface area contributed by atoms with Crippen LogP contribution in [-0.4, -0.2) is 48.6 Å². The van der Waals surface area contributed by atoms with Gasteiger partial charge in [0.05, 0.1) is 30.2 Å². The van der Waals surface area contributed by atoms with Crippen LogP contribution in [0.4, 0.5) is 10.5 Å². The van der Waals surface area contributed by atoms with E-state index in [1.165, 1.54) is 11.8 Å². The van der Waals surface area contributed by atoms with Gasteiger partial charge >= 0.3 is 12.1 Å². The Morgan fingerprint density at radius 1 is 0.895 bits per heavy atom. The van der Waals surface area contributed by atoms with Gasteiger partial charge in [-0.05, 0) is 31.4 Å². The maximum absolute atomic E-state index is 13.0. The van der Waals surface area contributed by atoms with Crippen LogP contribution in [0.3, 0.4) is 0 Å². The highest BCUT2D eigenvalue weighted by Gasteiger charge is 2.21. The number of anilines is 1. The van der Waals surface area contributed by atoms with Gasteiger partial charge in [0.15, 0.2) is 0 Å². The van der Waals surface area contributed by atoms with E-state index in [-0.39, 0.29) is 35.5 Å². The average Bonchev–Trinajstić information content (AvgIpc) is 2.91. The van der Waals surface area contributed by atoms with E-state index >= 15 is 0 Å². The van der Waals surface area contributed by atoms with E-state index in [1.807, 2.05) is 6.92 Å². The fourth-order valence-corrected chi connectivity index (χ4v) is 4.83. The van der Waals surface area contributed by atoms with Gasteiger partial charge in [0.1, 0.15) is 5.75 Å². The number of carbonyl (C=O) groups excluding carboxylic acids is 3. The van der Waals surface area contributed by atoms with Crippen molar-refractivity contribution in [1.29, 1.82) is 0 Å². The third-order valence-electron chi connectivity index (χ3n) is 5.94. The lowest BCUT2D eigenvalue weighted by Crippen LogP contribution is -2.24. The average molecular weight is 547 g/mol. The molecule has 0 fully saturated rings. The van der Waals surface area contributed by atoms with Crippen molar-refractivity contribution in [2.75, 3.05) is 30.8 Å². The summed E-state index contributed by atoms with van der Waals surface area (Å²) in [5, 5.41) is 17.6. The molecule has 0 aliphatic rings. The molecule has 0 saturated carbocycles. The molecule has 0 heterocycles. The van der Waals surface area contributed by atoms with Crippen molar-refractivity contribution in [1.82, 2.24) is 5.32 Å². The van der Waals surface area contributed by atoms with Crippen LogP contribution in [-0.2, 0) is 14.3 Å². The van der Waals surface area contributed by atoms with Gasteiger partial charge in [0, 0.05) is 22.2 Å². The molecule has 0 saturated heterocycles. The van der Waals surface area contributed by atoms with E-state index < -0.39 is 6.09 Å². The second-order valence-electron chi connectivity index (χ2n) is 9.15. The first-order chi connectivity index (χ1) is 18.4. The van der Waals surface area contributed by atoms with Gasteiger partial charge in [0.2, 0.25) is 0 Å². The third kappa shape index (κ3) is 10.1. The smallest absolute Gasteiger partial charge is 0.411 e. The second-order valence-corrected chi connectivity index (χ2v) is 10.2. The number of thioether (sulfide) groups is 1. The fraction of sp³-hybridized carbons (Fsp3) is 0.552. The maximum Gasteiger partial charge on any atom is 0.411 e. The number of phenols is 1. The van der Waals surface area contributed by atoms with Crippen molar-refractivity contribution >= 4 is 46.2 Å². The summed E-state index contributed by atoms with van der Waals surface area (Å²) in [6.07, 6.45) is 8.19. The Bertz CT molecular complexity index is 1060. The molecule has 0 spiro atoms. The molecule has 2 aromatic carbocycles. The molecule has 0 radical (unpaired) electrons. The maximum atomic E-state index is 13.0. The van der Waals surface area contributed by atoms with Crippen LogP contribution < -0.4 is 10.6 Å². The molecule has 38 heavy (non-hydrogen) atoms. The number of phenolic OH excluding ortho intramolecular Hbond substituents is 1. The number of hydrogen-bond acceptors (Lipinski definition) is 7. The van der Waals surface area contributed by atoms with Gasteiger partial charge in [-0.3, -0.25) is 14.9 Å². The summed E-state index contributed by atoms with van der Waals surface area (Å²) in [6, 6.07) is 6.63. The number of nitrogens with one attached hydrogen (secondary N) is 2. The number of hydrogen-bond donors (Lipinski definition) is 3. The lowest BCUT2D eigenvalue weighted by atomic mass is 10.0. The van der Waals surface area contributed by atoms with Gasteiger partial charge in [-0.15, -0.1) is 11.8 Å². The molecule has 0 aromatic heterocycles. The summed E-state index contributed by atoms with van der Waals surface area (Å²) in [6.45, 7) is 7.30. The molecule has 0 bridgehead atoms. The van der Waals surface area contributed by atoms with Crippen LogP contribution in [0.5, 0.6) is 5.75 Å². The number of ether oxygens (including phenoxy) is 2. The summed E-state index contributed by atoms with van der Waals surface area (Å²) in [4.78, 5) is 38.3. The van der Waals surface area contributed by atoms with Crippen molar-refractivity contribution in [3.05, 3.63) is 29.8 Å². The molecule has 0 aliphatic carbocycles. The Hall–Kier alpha value is -2.94. The third-order valence-corrected chi connectivity index (χ3v) is 6.95. The van der Waals surface area contributed by atoms with Gasteiger partial charge in [-0.25, -0.2) is 4.79 Å². The van der Waals surface area contributed by atoms with E-state index in [4.69, 9.17) is 9.47 Å². The summed E-state index contributed by atoms with van der Waals surface area (Å²) in [5.74, 6) is -0.899. The molecule has 0 aliphatic heterocycles. The summed E-state index contributed by atoms with van der Waals surface area (Å²) < 4.78 is 10.5. The van der Waals surface area contributed by atoms with Crippen molar-refractivity contribution in [2.24, 2.45) is 0 Å². The van der Waals surface area contributed by atoms with Gasteiger partial charge in [0.25, 0.3) is 5.91 Å². The van der Waals surface area contributed by atoms with Crippen LogP contribution in [0.1, 0.15) is 88.9 Å². The van der Waals surface area contributed by atoms with Gasteiger partial charge in [-0.2, -0.15) is 0 Å². The Balaban J connectivity index is 2.30. The van der Waals surface area contributed by atoms with E-state index in [1.54, 1.807) is 24.3 Å². The van der Waals surface area contributed by atoms with Crippen LogP contribution >= 0.6 is 11.8 Å². The number of esters is 1. The summed E-state index contributed by atoms with van der Waals surface area (Å²) >= 11 is 1.20. The van der Waals surface area contributed by atoms with Gasteiger partial charge in [-0.1, -0.05) is 71.4 Å². The Morgan fingerprint density at radius 2 is 1.63 bits per heavy atom. The Labute approximate surface area is 230 Å². The van der Waals surface area contributed by atoms with Crippen molar-refractivity contribution in [3.8, 4) is 5.75 Å². The quantitative estimate of drug-likeness (QED) is 0.111. The topological polar surface area (TPSA) is 114 Å². The highest BCUT2D eigenvalue weighted by atomic mass is 32.2. The molecule has 9 heteroatoms. The standard InChI is InChI=1S/C29H42N2O6S/c1-4-7-9-11-16-30-28(34)22-19-24(38-20-25(32)36-18-12-10-8-5-2)26-21(27(22)33)14-13-15-23(26)31-29(35)37-17-6-3/h13-15,19,33H,4-12,16-18,20H2,1-3H3,(H,30,34)(H,31,35). The van der Waals surface area contributed by atoms with Crippen molar-refractivity contribution in [2.45, 2.75) is 83.5 Å². The lowest BCUT2D eigenvalue weighted by Gasteiger charge is -2.16. The molecule has 210 valence electrons. The minimum absolute atomic E-state index is 0.0281. The molecular formula is C29H42N2O6S. The Morgan fingerprint density at radius 3 is 2.34 bits per heavy atom. The minimum Gasteiger partial charge on any atom is -0.506 e. The SMILES string of the molecule is CCCCCCNC(=O)c1cc(SCC(=O)OCCCCCC)c2c(NC(=O)OCCC)cccc2c1O. The molecule has 3 N–H and O–H groups in total. The predicted octanol–water partition coefficient (Wildman–Crippen LogP) is 7.03. The molecule has 2 amide bonds. The van der Waals surface area contributed by atoms with Crippen molar-refractivity contribution < 1.29 is 29.0 Å². The molecule has 0 unspecified atom stereocenters. The zero-order valence-corrected chi connectivity index (χ0v) is 23.7. The first-order valence-electron chi connectivity index (χ1n) is 13.7. The molecule has 0 atom stereocenters. The molecule has 2 rings (SSSR count). The van der Waals surface area contributed by atoms with E-state index in [0.717, 1.165) is 51.4 Å². The summed E-state index contributed by atoms with van der Waals surface area (Å²) in [7, 11) is 0. The van der Waals surface area contributed by atoms with Gasteiger partial charge < -0.3 is 19.9 Å². The Kier molecular flexibility index (Phi) is 14.4. The second kappa shape index (κ2) is 17.5. The van der Waals surface area contributed by atoms with E-state index in [9.17, 15) is 19.5 Å². The first kappa shape index (κ1) is 31.3. The predicted molar refractivity (Wildman–Crippen MR) is 153 cm³/mol. The van der Waals surface area contributed by atoms with E-state index in [2.05, 4.69) is 24.5 Å².